The van der Waals surface area contributed by atoms with Crippen molar-refractivity contribution >= 4 is 35.0 Å². The van der Waals surface area contributed by atoms with Crippen molar-refractivity contribution in [3.63, 3.8) is 0 Å². The zero-order valence-corrected chi connectivity index (χ0v) is 13.5. The van der Waals surface area contributed by atoms with E-state index < -0.39 is 0 Å². The van der Waals surface area contributed by atoms with Gasteiger partial charge in [-0.15, -0.1) is 0 Å². The topological polar surface area (TPSA) is 38.7 Å². The Morgan fingerprint density at radius 3 is 2.47 bits per heavy atom. The first-order chi connectivity index (χ1) is 8.95. The molecule has 1 rings (SSSR count). The molecule has 0 unspecified atom stereocenters. The first-order valence-corrected chi connectivity index (χ1v) is 6.98. The molecule has 0 atom stereocenters. The Bertz CT molecular complexity index is 473. The molecular formula is C15H18INO2. The van der Waals surface area contributed by atoms with Crippen LogP contribution in [0.1, 0.15) is 26.3 Å². The summed E-state index contributed by atoms with van der Waals surface area (Å²) in [7, 11) is 0. The highest BCUT2D eigenvalue weighted by atomic mass is 127. The SMILES string of the molecule is CC(C)(C)/C(=C/C=NI)C(=O)OCc1ccccc1. The Morgan fingerprint density at radius 2 is 1.95 bits per heavy atom. The van der Waals surface area contributed by atoms with Crippen molar-refractivity contribution in [1.82, 2.24) is 0 Å². The fraction of sp³-hybridized carbons (Fsp3) is 0.333. The van der Waals surface area contributed by atoms with Crippen molar-refractivity contribution in [2.45, 2.75) is 27.4 Å². The lowest BCUT2D eigenvalue weighted by Crippen LogP contribution is -2.20. The summed E-state index contributed by atoms with van der Waals surface area (Å²) in [6, 6.07) is 9.64. The number of hydrogen-bond acceptors (Lipinski definition) is 3. The van der Waals surface area contributed by atoms with Crippen LogP contribution in [-0.2, 0) is 16.1 Å². The largest absolute Gasteiger partial charge is 0.457 e. The van der Waals surface area contributed by atoms with Gasteiger partial charge in [0.15, 0.2) is 0 Å². The molecule has 0 saturated heterocycles. The van der Waals surface area contributed by atoms with Crippen LogP contribution in [0.3, 0.4) is 0 Å². The highest BCUT2D eigenvalue weighted by molar-refractivity contribution is 14.1. The van der Waals surface area contributed by atoms with Crippen LogP contribution in [0.25, 0.3) is 0 Å². The maximum absolute atomic E-state index is 12.1. The van der Waals surface area contributed by atoms with Gasteiger partial charge in [0, 0.05) is 11.8 Å². The van der Waals surface area contributed by atoms with Crippen molar-refractivity contribution in [2.24, 2.45) is 8.62 Å². The van der Waals surface area contributed by atoms with Gasteiger partial charge in [-0.3, -0.25) is 0 Å². The summed E-state index contributed by atoms with van der Waals surface area (Å²) >= 11 is 1.88. The number of benzene rings is 1. The van der Waals surface area contributed by atoms with Crippen LogP contribution in [0.4, 0.5) is 0 Å². The van der Waals surface area contributed by atoms with E-state index in [0.29, 0.717) is 5.57 Å². The normalized spacial score (nSPS) is 12.7. The summed E-state index contributed by atoms with van der Waals surface area (Å²) in [5.41, 5.74) is 1.32. The highest BCUT2D eigenvalue weighted by Gasteiger charge is 2.24. The predicted molar refractivity (Wildman–Crippen MR) is 86.3 cm³/mol. The molecule has 1 aromatic rings. The fourth-order valence-corrected chi connectivity index (χ4v) is 1.69. The number of carbonyl (C=O) groups is 1. The Labute approximate surface area is 128 Å². The smallest absolute Gasteiger partial charge is 0.334 e. The van der Waals surface area contributed by atoms with Crippen LogP contribution in [0, 0.1) is 5.41 Å². The Morgan fingerprint density at radius 1 is 1.32 bits per heavy atom. The minimum atomic E-state index is -0.298. The molecule has 0 heterocycles. The third-order valence-electron chi connectivity index (χ3n) is 2.54. The number of rotatable bonds is 4. The molecule has 0 aliphatic carbocycles. The number of allylic oxidation sites excluding steroid dienone is 1. The van der Waals surface area contributed by atoms with E-state index in [4.69, 9.17) is 4.74 Å². The zero-order chi connectivity index (χ0) is 14.3. The van der Waals surface area contributed by atoms with Crippen molar-refractivity contribution in [1.29, 1.82) is 0 Å². The second-order valence-corrected chi connectivity index (χ2v) is 5.70. The van der Waals surface area contributed by atoms with Gasteiger partial charge < -0.3 is 4.74 Å². The van der Waals surface area contributed by atoms with E-state index in [0.717, 1.165) is 5.56 Å². The molecule has 0 N–H and O–H groups in total. The lowest BCUT2D eigenvalue weighted by atomic mass is 9.86. The molecule has 0 fully saturated rings. The van der Waals surface area contributed by atoms with E-state index in [2.05, 4.69) is 3.21 Å². The van der Waals surface area contributed by atoms with E-state index in [9.17, 15) is 4.79 Å². The first kappa shape index (κ1) is 15.9. The van der Waals surface area contributed by atoms with Gasteiger partial charge >= 0.3 is 5.97 Å². The number of ether oxygens (including phenoxy) is 1. The molecule has 0 amide bonds. The molecule has 3 nitrogen and oxygen atoms in total. The first-order valence-electron chi connectivity index (χ1n) is 6.01. The van der Waals surface area contributed by atoms with Gasteiger partial charge in [0.2, 0.25) is 0 Å². The number of esters is 1. The summed E-state index contributed by atoms with van der Waals surface area (Å²) in [6.07, 6.45) is 3.31. The summed E-state index contributed by atoms with van der Waals surface area (Å²) in [5, 5.41) is 0. The van der Waals surface area contributed by atoms with Crippen LogP contribution < -0.4 is 0 Å². The second kappa shape index (κ2) is 7.43. The molecule has 1 aromatic carbocycles. The van der Waals surface area contributed by atoms with Crippen molar-refractivity contribution in [2.75, 3.05) is 0 Å². The van der Waals surface area contributed by atoms with Crippen LogP contribution in [0.15, 0.2) is 45.2 Å². The van der Waals surface area contributed by atoms with Crippen molar-refractivity contribution in [3.05, 3.63) is 47.5 Å². The van der Waals surface area contributed by atoms with Gasteiger partial charge in [0.25, 0.3) is 0 Å². The summed E-state index contributed by atoms with van der Waals surface area (Å²) in [5.74, 6) is -0.298. The van der Waals surface area contributed by atoms with Gasteiger partial charge in [-0.1, -0.05) is 51.1 Å². The molecule has 0 aromatic heterocycles. The lowest BCUT2D eigenvalue weighted by molar-refractivity contribution is -0.141. The Balaban J connectivity index is 2.74. The van der Waals surface area contributed by atoms with Gasteiger partial charge in [-0.05, 0) is 17.1 Å². The average Bonchev–Trinajstić information content (AvgIpc) is 2.36. The Kier molecular flexibility index (Phi) is 6.21. The van der Waals surface area contributed by atoms with Gasteiger partial charge in [-0.25, -0.2) is 8.00 Å². The number of carbonyl (C=O) groups excluding carboxylic acids is 1. The standard InChI is InChI=1S/C15H18INO2/c1-15(2,3)13(9-10-17-16)14(18)19-11-12-7-5-4-6-8-12/h4-10H,11H2,1-3H3/b13-9+,17-10?. The van der Waals surface area contributed by atoms with E-state index in [-0.39, 0.29) is 18.0 Å². The van der Waals surface area contributed by atoms with Gasteiger partial charge in [0.05, 0.1) is 22.9 Å². The van der Waals surface area contributed by atoms with Crippen molar-refractivity contribution < 1.29 is 9.53 Å². The third kappa shape index (κ3) is 5.55. The maximum Gasteiger partial charge on any atom is 0.334 e. The predicted octanol–water partition coefficient (Wildman–Crippen LogP) is 4.12. The number of nitrogens with zero attached hydrogens (tertiary/aromatic N) is 1. The molecule has 4 heteroatoms. The van der Waals surface area contributed by atoms with Gasteiger partial charge in [-0.2, -0.15) is 0 Å². The maximum atomic E-state index is 12.1. The quantitative estimate of drug-likeness (QED) is 0.346. The fourth-order valence-electron chi connectivity index (χ4n) is 1.53. The molecule has 19 heavy (non-hydrogen) atoms. The lowest BCUT2D eigenvalue weighted by Gasteiger charge is -2.21. The summed E-state index contributed by atoms with van der Waals surface area (Å²) in [6.45, 7) is 6.21. The minimum absolute atomic E-state index is 0.272. The molecular weight excluding hydrogens is 353 g/mol. The molecule has 0 bridgehead atoms. The minimum Gasteiger partial charge on any atom is -0.457 e. The summed E-state index contributed by atoms with van der Waals surface area (Å²) in [4.78, 5) is 12.1. The summed E-state index contributed by atoms with van der Waals surface area (Å²) < 4.78 is 9.19. The van der Waals surface area contributed by atoms with Crippen LogP contribution >= 0.6 is 22.9 Å². The molecule has 0 radical (unpaired) electrons. The molecule has 0 spiro atoms. The highest BCUT2D eigenvalue weighted by Crippen LogP contribution is 2.26. The van der Waals surface area contributed by atoms with Crippen LogP contribution in [-0.4, -0.2) is 12.2 Å². The molecule has 0 saturated carbocycles. The second-order valence-electron chi connectivity index (χ2n) is 5.14. The monoisotopic (exact) mass is 371 g/mol. The number of halogens is 1. The molecule has 0 aliphatic rings. The van der Waals surface area contributed by atoms with E-state index in [1.807, 2.05) is 74.0 Å². The van der Waals surface area contributed by atoms with Crippen LogP contribution in [0.5, 0.6) is 0 Å². The number of hydrogen-bond donors (Lipinski definition) is 0. The van der Waals surface area contributed by atoms with E-state index in [1.54, 1.807) is 12.3 Å². The Hall–Kier alpha value is -1.17. The van der Waals surface area contributed by atoms with E-state index >= 15 is 0 Å². The van der Waals surface area contributed by atoms with Crippen molar-refractivity contribution in [3.8, 4) is 0 Å². The van der Waals surface area contributed by atoms with E-state index in [1.165, 1.54) is 0 Å². The van der Waals surface area contributed by atoms with Gasteiger partial charge in [0.1, 0.15) is 6.61 Å². The third-order valence-corrected chi connectivity index (χ3v) is 2.86. The molecule has 0 aliphatic heterocycles. The zero-order valence-electron chi connectivity index (χ0n) is 11.4. The average molecular weight is 371 g/mol. The molecule has 102 valence electrons. The van der Waals surface area contributed by atoms with Crippen LogP contribution in [0.2, 0.25) is 0 Å².